The van der Waals surface area contributed by atoms with Gasteiger partial charge < -0.3 is 22.1 Å². The SMILES string of the molecule is CN(CC(=O)Nc1cccc(N)c1)CC(=O)Nc1cccc(N)c1. The molecule has 7 nitrogen and oxygen atoms in total. The van der Waals surface area contributed by atoms with E-state index >= 15 is 0 Å². The fourth-order valence-electron chi connectivity index (χ4n) is 2.18. The number of carbonyl (C=O) groups excluding carboxylic acids is 2. The van der Waals surface area contributed by atoms with E-state index in [9.17, 15) is 9.59 Å². The van der Waals surface area contributed by atoms with Gasteiger partial charge in [-0.25, -0.2) is 0 Å². The number of nitrogens with zero attached hydrogens (tertiary/aromatic N) is 1. The van der Waals surface area contributed by atoms with Gasteiger partial charge in [0.25, 0.3) is 0 Å². The molecule has 0 bridgehead atoms. The summed E-state index contributed by atoms with van der Waals surface area (Å²) in [6.07, 6.45) is 0. The molecule has 0 aromatic heterocycles. The quantitative estimate of drug-likeness (QED) is 0.598. The first kappa shape index (κ1) is 17.3. The molecule has 0 aliphatic heterocycles. The lowest BCUT2D eigenvalue weighted by Gasteiger charge is -2.16. The van der Waals surface area contributed by atoms with Crippen LogP contribution in [0.15, 0.2) is 48.5 Å². The molecule has 24 heavy (non-hydrogen) atoms. The molecule has 0 aliphatic rings. The van der Waals surface area contributed by atoms with Gasteiger partial charge in [0.05, 0.1) is 13.1 Å². The third-order valence-electron chi connectivity index (χ3n) is 3.17. The van der Waals surface area contributed by atoms with E-state index in [2.05, 4.69) is 10.6 Å². The van der Waals surface area contributed by atoms with E-state index in [-0.39, 0.29) is 24.9 Å². The van der Waals surface area contributed by atoms with E-state index in [1.54, 1.807) is 60.5 Å². The highest BCUT2D eigenvalue weighted by Crippen LogP contribution is 2.12. The minimum absolute atomic E-state index is 0.0825. The zero-order chi connectivity index (χ0) is 17.5. The Kier molecular flexibility index (Phi) is 5.75. The molecule has 2 aromatic carbocycles. The van der Waals surface area contributed by atoms with Crippen LogP contribution in [-0.4, -0.2) is 36.9 Å². The standard InChI is InChI=1S/C17H21N5O2/c1-22(10-16(23)20-14-6-2-4-12(18)8-14)11-17(24)21-15-7-3-5-13(19)9-15/h2-9H,10-11,18-19H2,1H3,(H,20,23)(H,21,24). The van der Waals surface area contributed by atoms with Crippen LogP contribution >= 0.6 is 0 Å². The van der Waals surface area contributed by atoms with Gasteiger partial charge in [0.15, 0.2) is 0 Å². The number of carbonyl (C=O) groups is 2. The molecule has 0 atom stereocenters. The molecular formula is C17H21N5O2. The van der Waals surface area contributed by atoms with Crippen molar-refractivity contribution in [2.45, 2.75) is 0 Å². The number of rotatable bonds is 6. The van der Waals surface area contributed by atoms with Crippen LogP contribution in [-0.2, 0) is 9.59 Å². The number of hydrogen-bond acceptors (Lipinski definition) is 5. The van der Waals surface area contributed by atoms with Gasteiger partial charge in [-0.1, -0.05) is 12.1 Å². The summed E-state index contributed by atoms with van der Waals surface area (Å²) >= 11 is 0. The summed E-state index contributed by atoms with van der Waals surface area (Å²) in [6, 6.07) is 13.8. The van der Waals surface area contributed by atoms with Gasteiger partial charge in [-0.3, -0.25) is 14.5 Å². The first-order chi connectivity index (χ1) is 11.4. The fraction of sp³-hybridized carbons (Fsp3) is 0.176. The molecule has 0 unspecified atom stereocenters. The average molecular weight is 327 g/mol. The van der Waals surface area contributed by atoms with Crippen LogP contribution in [0.2, 0.25) is 0 Å². The Morgan fingerprint density at radius 3 is 1.67 bits per heavy atom. The van der Waals surface area contributed by atoms with Crippen molar-refractivity contribution in [3.8, 4) is 0 Å². The van der Waals surface area contributed by atoms with Crippen molar-refractivity contribution in [3.05, 3.63) is 48.5 Å². The molecule has 2 aromatic rings. The lowest BCUT2D eigenvalue weighted by Crippen LogP contribution is -2.36. The number of amides is 2. The van der Waals surface area contributed by atoms with E-state index in [1.807, 2.05) is 0 Å². The van der Waals surface area contributed by atoms with Crippen molar-refractivity contribution in [2.24, 2.45) is 0 Å². The van der Waals surface area contributed by atoms with Crippen LogP contribution in [0, 0.1) is 0 Å². The zero-order valence-electron chi connectivity index (χ0n) is 13.5. The number of nitrogens with one attached hydrogen (secondary N) is 2. The molecular weight excluding hydrogens is 306 g/mol. The highest BCUT2D eigenvalue weighted by atomic mass is 16.2. The van der Waals surface area contributed by atoms with Crippen LogP contribution in [0.4, 0.5) is 22.7 Å². The van der Waals surface area contributed by atoms with Gasteiger partial charge in [-0.15, -0.1) is 0 Å². The summed E-state index contributed by atoms with van der Waals surface area (Å²) in [5.41, 5.74) is 13.7. The van der Waals surface area contributed by atoms with Crippen LogP contribution in [0.3, 0.4) is 0 Å². The third kappa shape index (κ3) is 5.62. The normalized spacial score (nSPS) is 10.4. The molecule has 0 saturated heterocycles. The molecule has 0 radical (unpaired) electrons. The topological polar surface area (TPSA) is 113 Å². The largest absolute Gasteiger partial charge is 0.399 e. The Labute approximate surface area is 140 Å². The Morgan fingerprint density at radius 2 is 1.29 bits per heavy atom. The van der Waals surface area contributed by atoms with Crippen molar-refractivity contribution < 1.29 is 9.59 Å². The predicted octanol–water partition coefficient (Wildman–Crippen LogP) is 1.36. The van der Waals surface area contributed by atoms with Gasteiger partial charge in [0.2, 0.25) is 11.8 Å². The first-order valence-electron chi connectivity index (χ1n) is 7.42. The Balaban J connectivity index is 1.80. The fourth-order valence-corrected chi connectivity index (χ4v) is 2.18. The Bertz CT molecular complexity index is 671. The molecule has 7 heteroatoms. The number of anilines is 4. The predicted molar refractivity (Wildman–Crippen MR) is 96.5 cm³/mol. The van der Waals surface area contributed by atoms with Gasteiger partial charge in [0, 0.05) is 22.7 Å². The van der Waals surface area contributed by atoms with Crippen molar-refractivity contribution >= 4 is 34.6 Å². The molecule has 6 N–H and O–H groups in total. The molecule has 0 fully saturated rings. The highest BCUT2D eigenvalue weighted by molar-refractivity contribution is 5.95. The summed E-state index contributed by atoms with van der Waals surface area (Å²) in [5.74, 6) is -0.445. The zero-order valence-corrected chi connectivity index (χ0v) is 13.5. The van der Waals surface area contributed by atoms with Crippen molar-refractivity contribution in [1.29, 1.82) is 0 Å². The second kappa shape index (κ2) is 7.98. The van der Waals surface area contributed by atoms with E-state index in [0.717, 1.165) is 0 Å². The molecule has 2 rings (SSSR count). The van der Waals surface area contributed by atoms with Gasteiger partial charge in [-0.05, 0) is 43.4 Å². The van der Waals surface area contributed by atoms with Crippen molar-refractivity contribution in [2.75, 3.05) is 42.2 Å². The van der Waals surface area contributed by atoms with E-state index < -0.39 is 0 Å². The summed E-state index contributed by atoms with van der Waals surface area (Å²) < 4.78 is 0. The second-order valence-corrected chi connectivity index (χ2v) is 5.52. The van der Waals surface area contributed by atoms with Gasteiger partial charge >= 0.3 is 0 Å². The summed E-state index contributed by atoms with van der Waals surface area (Å²) in [6.45, 7) is 0.165. The summed E-state index contributed by atoms with van der Waals surface area (Å²) in [4.78, 5) is 25.6. The van der Waals surface area contributed by atoms with Gasteiger partial charge in [0.1, 0.15) is 0 Å². The van der Waals surface area contributed by atoms with Crippen LogP contribution < -0.4 is 22.1 Å². The molecule has 126 valence electrons. The second-order valence-electron chi connectivity index (χ2n) is 5.52. The molecule has 2 amide bonds. The van der Waals surface area contributed by atoms with E-state index in [4.69, 9.17) is 11.5 Å². The average Bonchev–Trinajstić information content (AvgIpc) is 2.46. The number of likely N-dealkylation sites (N-methyl/N-ethyl adjacent to an activating group) is 1. The van der Waals surface area contributed by atoms with Crippen LogP contribution in [0.25, 0.3) is 0 Å². The minimum Gasteiger partial charge on any atom is -0.399 e. The summed E-state index contributed by atoms with van der Waals surface area (Å²) in [7, 11) is 1.69. The Morgan fingerprint density at radius 1 is 0.875 bits per heavy atom. The van der Waals surface area contributed by atoms with Crippen molar-refractivity contribution in [1.82, 2.24) is 4.90 Å². The first-order valence-corrected chi connectivity index (χ1v) is 7.42. The van der Waals surface area contributed by atoms with E-state index in [1.165, 1.54) is 0 Å². The smallest absolute Gasteiger partial charge is 0.238 e. The van der Waals surface area contributed by atoms with Crippen LogP contribution in [0.5, 0.6) is 0 Å². The lowest BCUT2D eigenvalue weighted by molar-refractivity contribution is -0.119. The van der Waals surface area contributed by atoms with E-state index in [0.29, 0.717) is 22.7 Å². The Hall–Kier alpha value is -3.06. The minimum atomic E-state index is -0.222. The van der Waals surface area contributed by atoms with Gasteiger partial charge in [-0.2, -0.15) is 0 Å². The highest BCUT2D eigenvalue weighted by Gasteiger charge is 2.11. The third-order valence-corrected chi connectivity index (χ3v) is 3.17. The molecule has 0 heterocycles. The van der Waals surface area contributed by atoms with Crippen molar-refractivity contribution in [3.63, 3.8) is 0 Å². The lowest BCUT2D eigenvalue weighted by atomic mass is 10.3. The maximum absolute atomic E-state index is 12.0. The molecule has 0 saturated carbocycles. The maximum atomic E-state index is 12.0. The molecule has 0 spiro atoms. The maximum Gasteiger partial charge on any atom is 0.238 e. The molecule has 0 aliphatic carbocycles. The van der Waals surface area contributed by atoms with Crippen LogP contribution in [0.1, 0.15) is 0 Å². The number of nitrogen functional groups attached to an aromatic ring is 2. The number of hydrogen-bond donors (Lipinski definition) is 4. The monoisotopic (exact) mass is 327 g/mol. The number of benzene rings is 2. The summed E-state index contributed by atoms with van der Waals surface area (Å²) in [5, 5.41) is 5.47. The number of nitrogens with two attached hydrogens (primary N) is 2.